The number of H-pyrrole nitrogens is 1. The Kier molecular flexibility index (Phi) is 6.51. The molecule has 0 radical (unpaired) electrons. The number of fused-ring (bicyclic) bond motifs is 1. The fraction of sp³-hybridized carbons (Fsp3) is 0.320. The maximum atomic E-state index is 4.78. The Morgan fingerprint density at radius 1 is 1.00 bits per heavy atom. The highest BCUT2D eigenvalue weighted by molar-refractivity contribution is 5.99. The molecule has 0 amide bonds. The van der Waals surface area contributed by atoms with Crippen molar-refractivity contribution in [2.45, 2.75) is 38.5 Å². The van der Waals surface area contributed by atoms with Gasteiger partial charge in [-0.3, -0.25) is 4.98 Å². The van der Waals surface area contributed by atoms with E-state index in [9.17, 15) is 0 Å². The lowest BCUT2D eigenvalue weighted by molar-refractivity contribution is 0.565. The maximum Gasteiger partial charge on any atom is 0.248 e. The predicted octanol–water partition coefficient (Wildman–Crippen LogP) is 4.36. The van der Waals surface area contributed by atoms with Crippen molar-refractivity contribution in [3.63, 3.8) is 0 Å². The summed E-state index contributed by atoms with van der Waals surface area (Å²) in [5.74, 6) is 2.02. The summed E-state index contributed by atoms with van der Waals surface area (Å²) in [5, 5.41) is 5.54. The van der Waals surface area contributed by atoms with E-state index in [-0.39, 0.29) is 0 Å². The van der Waals surface area contributed by atoms with Crippen molar-refractivity contribution in [3.05, 3.63) is 71.9 Å². The molecular formula is C25H28N8. The van der Waals surface area contributed by atoms with Crippen LogP contribution in [0.3, 0.4) is 0 Å². The molecule has 0 bridgehead atoms. The number of benzene rings is 1. The molecule has 0 atom stereocenters. The predicted molar refractivity (Wildman–Crippen MR) is 132 cm³/mol. The number of aromatic nitrogens is 5. The minimum atomic E-state index is 0.484. The standard InChI is InChI=1S/C25H28N8/c1-4-14-33(15-5-1)25-30-23(12-6-8-19-9-7-13-26-16-19)29-24(31-25)32-28-18-20-17-27-22-11-3-2-10-21(20)22/h2-3,7,9-11,13,16-18,27H,1,4-6,8,12,14-15H2,(H,29,30,31,32)/b28-18+. The van der Waals surface area contributed by atoms with Gasteiger partial charge in [-0.05, 0) is 49.8 Å². The first-order valence-corrected chi connectivity index (χ1v) is 11.6. The van der Waals surface area contributed by atoms with E-state index >= 15 is 0 Å². The molecule has 0 unspecified atom stereocenters. The number of rotatable bonds is 8. The third kappa shape index (κ3) is 5.34. The number of pyridine rings is 1. The average molecular weight is 441 g/mol. The summed E-state index contributed by atoms with van der Waals surface area (Å²) in [6, 6.07) is 12.2. The quantitative estimate of drug-likeness (QED) is 0.312. The van der Waals surface area contributed by atoms with Gasteiger partial charge in [0.15, 0.2) is 0 Å². The number of hydrazone groups is 1. The van der Waals surface area contributed by atoms with Crippen LogP contribution in [0.2, 0.25) is 0 Å². The zero-order valence-corrected chi connectivity index (χ0v) is 18.6. The van der Waals surface area contributed by atoms with Crippen molar-refractivity contribution < 1.29 is 0 Å². The number of nitrogens with zero attached hydrogens (tertiary/aromatic N) is 6. The Labute approximate surface area is 193 Å². The first-order valence-electron chi connectivity index (χ1n) is 11.6. The van der Waals surface area contributed by atoms with Gasteiger partial charge in [0.25, 0.3) is 0 Å². The molecule has 0 saturated carbocycles. The Bertz CT molecular complexity index is 1210. The number of hydrogen-bond donors (Lipinski definition) is 2. The second-order valence-corrected chi connectivity index (χ2v) is 8.30. The highest BCUT2D eigenvalue weighted by atomic mass is 15.4. The first kappa shape index (κ1) is 21.1. The van der Waals surface area contributed by atoms with E-state index in [0.29, 0.717) is 5.95 Å². The zero-order valence-electron chi connectivity index (χ0n) is 18.6. The van der Waals surface area contributed by atoms with E-state index in [2.05, 4.69) is 53.6 Å². The van der Waals surface area contributed by atoms with Crippen molar-refractivity contribution in [2.75, 3.05) is 23.4 Å². The normalized spacial score (nSPS) is 14.2. The Balaban J connectivity index is 1.31. The van der Waals surface area contributed by atoms with Crippen molar-refractivity contribution in [3.8, 4) is 0 Å². The van der Waals surface area contributed by atoms with Gasteiger partial charge in [0.05, 0.1) is 6.21 Å². The molecule has 2 N–H and O–H groups in total. The molecule has 4 heterocycles. The van der Waals surface area contributed by atoms with Crippen LogP contribution in [0.4, 0.5) is 11.9 Å². The molecule has 3 aromatic heterocycles. The second kappa shape index (κ2) is 10.2. The van der Waals surface area contributed by atoms with E-state index in [4.69, 9.17) is 4.98 Å². The summed E-state index contributed by atoms with van der Waals surface area (Å²) in [6.07, 6.45) is 13.7. The van der Waals surface area contributed by atoms with E-state index < -0.39 is 0 Å². The fourth-order valence-electron chi connectivity index (χ4n) is 4.16. The van der Waals surface area contributed by atoms with Crippen LogP contribution in [0.15, 0.2) is 60.1 Å². The van der Waals surface area contributed by atoms with Crippen LogP contribution in [0.5, 0.6) is 0 Å². The summed E-state index contributed by atoms with van der Waals surface area (Å²) in [5.41, 5.74) is 6.36. The van der Waals surface area contributed by atoms with Gasteiger partial charge in [-0.25, -0.2) is 5.43 Å². The van der Waals surface area contributed by atoms with Gasteiger partial charge in [0.1, 0.15) is 5.82 Å². The first-order chi connectivity index (χ1) is 16.3. The minimum Gasteiger partial charge on any atom is -0.361 e. The lowest BCUT2D eigenvalue weighted by Crippen LogP contribution is -2.31. The van der Waals surface area contributed by atoms with E-state index in [0.717, 1.165) is 60.6 Å². The zero-order chi connectivity index (χ0) is 22.3. The molecule has 0 spiro atoms. The van der Waals surface area contributed by atoms with Crippen LogP contribution in [0.1, 0.15) is 42.6 Å². The van der Waals surface area contributed by atoms with Crippen LogP contribution < -0.4 is 10.3 Å². The Morgan fingerprint density at radius 2 is 1.91 bits per heavy atom. The smallest absolute Gasteiger partial charge is 0.248 e. The lowest BCUT2D eigenvalue weighted by atomic mass is 10.1. The van der Waals surface area contributed by atoms with Gasteiger partial charge in [-0.15, -0.1) is 0 Å². The van der Waals surface area contributed by atoms with Gasteiger partial charge in [0.2, 0.25) is 11.9 Å². The highest BCUT2D eigenvalue weighted by Crippen LogP contribution is 2.19. The number of piperidine rings is 1. The van der Waals surface area contributed by atoms with E-state index in [1.165, 1.54) is 24.8 Å². The average Bonchev–Trinajstić information content (AvgIpc) is 3.28. The van der Waals surface area contributed by atoms with Crippen LogP contribution in [-0.4, -0.2) is 44.2 Å². The highest BCUT2D eigenvalue weighted by Gasteiger charge is 2.16. The van der Waals surface area contributed by atoms with Crippen LogP contribution in [0, 0.1) is 0 Å². The van der Waals surface area contributed by atoms with E-state index in [1.54, 1.807) is 12.4 Å². The molecule has 1 aliphatic rings. The third-order valence-corrected chi connectivity index (χ3v) is 5.89. The van der Waals surface area contributed by atoms with Crippen molar-refractivity contribution >= 4 is 29.0 Å². The number of nitrogens with one attached hydrogen (secondary N) is 2. The van der Waals surface area contributed by atoms with Gasteiger partial charge in [0, 0.05) is 54.6 Å². The molecule has 4 aromatic rings. The summed E-state index contributed by atoms with van der Waals surface area (Å²) in [6.45, 7) is 1.97. The Hall–Kier alpha value is -3.81. The number of aromatic amines is 1. The number of aryl methyl sites for hydroxylation is 2. The molecule has 1 fully saturated rings. The van der Waals surface area contributed by atoms with Gasteiger partial charge in [-0.2, -0.15) is 20.1 Å². The number of para-hydroxylation sites is 1. The van der Waals surface area contributed by atoms with Crippen LogP contribution in [-0.2, 0) is 12.8 Å². The molecule has 33 heavy (non-hydrogen) atoms. The van der Waals surface area contributed by atoms with E-state index in [1.807, 2.05) is 30.6 Å². The van der Waals surface area contributed by atoms with Crippen molar-refractivity contribution in [1.82, 2.24) is 24.9 Å². The summed E-state index contributed by atoms with van der Waals surface area (Å²) < 4.78 is 0. The lowest BCUT2D eigenvalue weighted by Gasteiger charge is -2.26. The summed E-state index contributed by atoms with van der Waals surface area (Å²) >= 11 is 0. The van der Waals surface area contributed by atoms with Crippen LogP contribution >= 0.6 is 0 Å². The Morgan fingerprint density at radius 3 is 2.79 bits per heavy atom. The molecule has 0 aliphatic carbocycles. The summed E-state index contributed by atoms with van der Waals surface area (Å²) in [4.78, 5) is 23.8. The monoisotopic (exact) mass is 440 g/mol. The molecule has 168 valence electrons. The molecule has 5 rings (SSSR count). The molecule has 1 aromatic carbocycles. The molecule has 1 aliphatic heterocycles. The topological polar surface area (TPSA) is 95.0 Å². The fourth-order valence-corrected chi connectivity index (χ4v) is 4.16. The largest absolute Gasteiger partial charge is 0.361 e. The SMILES string of the molecule is C(=N\Nc1nc(CCCc2cccnc2)nc(N2CCCCC2)n1)/c1c[nH]c2ccccc12. The van der Waals surface area contributed by atoms with Gasteiger partial charge >= 0.3 is 0 Å². The van der Waals surface area contributed by atoms with Crippen molar-refractivity contribution in [2.24, 2.45) is 5.10 Å². The molecule has 8 nitrogen and oxygen atoms in total. The third-order valence-electron chi connectivity index (χ3n) is 5.89. The van der Waals surface area contributed by atoms with Crippen molar-refractivity contribution in [1.29, 1.82) is 0 Å². The maximum absolute atomic E-state index is 4.78. The molecular weight excluding hydrogens is 412 g/mol. The molecule has 8 heteroatoms. The molecule has 1 saturated heterocycles. The van der Waals surface area contributed by atoms with Crippen LogP contribution in [0.25, 0.3) is 10.9 Å². The van der Waals surface area contributed by atoms with Gasteiger partial charge < -0.3 is 9.88 Å². The van der Waals surface area contributed by atoms with Gasteiger partial charge in [-0.1, -0.05) is 24.3 Å². The minimum absolute atomic E-state index is 0.484. The number of anilines is 2. The summed E-state index contributed by atoms with van der Waals surface area (Å²) in [7, 11) is 0. The second-order valence-electron chi connectivity index (χ2n) is 8.30. The number of hydrogen-bond acceptors (Lipinski definition) is 7.